The molecular formula is C22H29ClN2O2. The quantitative estimate of drug-likeness (QED) is 0.760. The Morgan fingerprint density at radius 3 is 2.15 bits per heavy atom. The number of hydrogen-bond acceptors (Lipinski definition) is 2. The van der Waals surface area contributed by atoms with Crippen molar-refractivity contribution in [3.8, 4) is 0 Å². The second-order valence-corrected chi connectivity index (χ2v) is 8.89. The van der Waals surface area contributed by atoms with Crippen molar-refractivity contribution in [2.24, 2.45) is 17.8 Å². The van der Waals surface area contributed by atoms with Crippen LogP contribution in [0.15, 0.2) is 24.3 Å². The van der Waals surface area contributed by atoms with Gasteiger partial charge in [-0.25, -0.2) is 0 Å². The molecule has 0 unspecified atom stereocenters. The number of carbonyl (C=O) groups is 2. The molecule has 0 N–H and O–H groups in total. The minimum Gasteiger partial charge on any atom is -0.342 e. The van der Waals surface area contributed by atoms with Gasteiger partial charge in [0.1, 0.15) is 0 Å². The number of carbonyl (C=O) groups excluding carboxylic acids is 2. The highest BCUT2D eigenvalue weighted by Crippen LogP contribution is 2.37. The van der Waals surface area contributed by atoms with Gasteiger partial charge in [0.15, 0.2) is 0 Å². The van der Waals surface area contributed by atoms with E-state index < -0.39 is 0 Å². The average Bonchev–Trinajstić information content (AvgIpc) is 2.73. The zero-order chi connectivity index (χ0) is 18.8. The highest BCUT2D eigenvalue weighted by Gasteiger charge is 2.36. The van der Waals surface area contributed by atoms with E-state index in [2.05, 4.69) is 4.90 Å². The first-order valence-corrected chi connectivity index (χ1v) is 10.8. The van der Waals surface area contributed by atoms with E-state index in [-0.39, 0.29) is 11.8 Å². The van der Waals surface area contributed by atoms with Crippen LogP contribution in [-0.4, -0.2) is 47.8 Å². The molecule has 4 nitrogen and oxygen atoms in total. The first kappa shape index (κ1) is 18.8. The van der Waals surface area contributed by atoms with Crippen molar-refractivity contribution in [3.63, 3.8) is 0 Å². The Hall–Kier alpha value is -1.55. The molecule has 0 radical (unpaired) electrons. The molecule has 1 aromatic carbocycles. The molecule has 2 aliphatic heterocycles. The van der Waals surface area contributed by atoms with Crippen molar-refractivity contribution in [1.82, 2.24) is 9.80 Å². The lowest BCUT2D eigenvalue weighted by atomic mass is 9.75. The van der Waals surface area contributed by atoms with Gasteiger partial charge in [-0.15, -0.1) is 0 Å². The molecule has 27 heavy (non-hydrogen) atoms. The van der Waals surface area contributed by atoms with Crippen LogP contribution in [0.3, 0.4) is 0 Å². The maximum absolute atomic E-state index is 13.0. The first-order valence-electron chi connectivity index (χ1n) is 10.5. The maximum atomic E-state index is 13.0. The molecule has 0 spiro atoms. The van der Waals surface area contributed by atoms with Gasteiger partial charge in [-0.2, -0.15) is 0 Å². The molecule has 2 atom stereocenters. The molecule has 0 bridgehead atoms. The molecule has 1 aromatic rings. The fraction of sp³-hybridized carbons (Fsp3) is 0.636. The Morgan fingerprint density at radius 2 is 1.44 bits per heavy atom. The number of benzene rings is 1. The summed E-state index contributed by atoms with van der Waals surface area (Å²) >= 11 is 5.91. The Labute approximate surface area is 166 Å². The monoisotopic (exact) mass is 388 g/mol. The van der Waals surface area contributed by atoms with Crippen molar-refractivity contribution in [3.05, 3.63) is 34.9 Å². The van der Waals surface area contributed by atoms with E-state index >= 15 is 0 Å². The second-order valence-electron chi connectivity index (χ2n) is 8.45. The number of halogens is 1. The van der Waals surface area contributed by atoms with Crippen LogP contribution in [0.2, 0.25) is 5.02 Å². The van der Waals surface area contributed by atoms with Crippen LogP contribution < -0.4 is 0 Å². The van der Waals surface area contributed by atoms with Crippen LogP contribution in [0.25, 0.3) is 0 Å². The van der Waals surface area contributed by atoms with E-state index in [1.165, 1.54) is 32.1 Å². The number of amides is 2. The van der Waals surface area contributed by atoms with Crippen molar-refractivity contribution in [2.45, 2.75) is 44.9 Å². The van der Waals surface area contributed by atoms with Gasteiger partial charge in [0.05, 0.1) is 0 Å². The lowest BCUT2D eigenvalue weighted by Crippen LogP contribution is -2.49. The summed E-state index contributed by atoms with van der Waals surface area (Å²) in [7, 11) is 0. The maximum Gasteiger partial charge on any atom is 0.253 e. The molecule has 2 heterocycles. The molecule has 2 amide bonds. The van der Waals surface area contributed by atoms with Crippen molar-refractivity contribution in [2.75, 3.05) is 26.2 Å². The molecule has 2 saturated heterocycles. The van der Waals surface area contributed by atoms with Crippen LogP contribution >= 0.6 is 11.6 Å². The van der Waals surface area contributed by atoms with Gasteiger partial charge in [-0.3, -0.25) is 9.59 Å². The van der Waals surface area contributed by atoms with Gasteiger partial charge in [0.25, 0.3) is 5.91 Å². The normalized spacial score (nSPS) is 26.6. The molecule has 146 valence electrons. The van der Waals surface area contributed by atoms with E-state index in [1.807, 2.05) is 4.90 Å². The molecule has 3 fully saturated rings. The van der Waals surface area contributed by atoms with Crippen LogP contribution in [0.4, 0.5) is 0 Å². The Morgan fingerprint density at radius 1 is 0.815 bits per heavy atom. The van der Waals surface area contributed by atoms with E-state index in [1.54, 1.807) is 24.3 Å². The van der Waals surface area contributed by atoms with Crippen LogP contribution in [0.5, 0.6) is 0 Å². The number of hydrogen-bond donors (Lipinski definition) is 0. The number of fused-ring (bicyclic) bond motifs is 1. The molecule has 4 rings (SSSR count). The molecule has 0 aromatic heterocycles. The van der Waals surface area contributed by atoms with Gasteiger partial charge >= 0.3 is 0 Å². The highest BCUT2D eigenvalue weighted by molar-refractivity contribution is 6.30. The lowest BCUT2D eigenvalue weighted by molar-refractivity contribution is -0.140. The third-order valence-electron chi connectivity index (χ3n) is 6.83. The summed E-state index contributed by atoms with van der Waals surface area (Å²) < 4.78 is 0. The summed E-state index contributed by atoms with van der Waals surface area (Å²) in [5.74, 6) is 2.03. The Kier molecular flexibility index (Phi) is 5.72. The van der Waals surface area contributed by atoms with Crippen LogP contribution in [-0.2, 0) is 4.79 Å². The number of likely N-dealkylation sites (tertiary alicyclic amines) is 2. The third-order valence-corrected chi connectivity index (χ3v) is 7.08. The Bertz CT molecular complexity index is 682. The zero-order valence-corrected chi connectivity index (χ0v) is 16.7. The molecular weight excluding hydrogens is 360 g/mol. The van der Waals surface area contributed by atoms with Gasteiger partial charge in [-0.1, -0.05) is 30.9 Å². The van der Waals surface area contributed by atoms with Gasteiger partial charge in [0.2, 0.25) is 5.91 Å². The number of rotatable bonds is 2. The van der Waals surface area contributed by atoms with Crippen LogP contribution in [0, 0.1) is 17.8 Å². The van der Waals surface area contributed by atoms with Crippen molar-refractivity contribution >= 4 is 23.4 Å². The molecule has 3 aliphatic rings. The molecule has 5 heteroatoms. The smallest absolute Gasteiger partial charge is 0.253 e. The fourth-order valence-corrected chi connectivity index (χ4v) is 5.29. The predicted octanol–water partition coefficient (Wildman–Crippen LogP) is 4.23. The minimum absolute atomic E-state index is 0.0422. The largest absolute Gasteiger partial charge is 0.342 e. The summed E-state index contributed by atoms with van der Waals surface area (Å²) in [5, 5.41) is 0.637. The predicted molar refractivity (Wildman–Crippen MR) is 107 cm³/mol. The topological polar surface area (TPSA) is 40.6 Å². The third kappa shape index (κ3) is 4.16. The fourth-order valence-electron chi connectivity index (χ4n) is 5.16. The SMILES string of the molecule is O=C(c1ccc(Cl)cc1)N1CCC(C(=O)N2CC[C@@H]3CCCC[C@H]3C2)CC1. The van der Waals surface area contributed by atoms with E-state index in [9.17, 15) is 9.59 Å². The van der Waals surface area contributed by atoms with Gasteiger partial charge in [0, 0.05) is 42.7 Å². The van der Waals surface area contributed by atoms with E-state index in [0.717, 1.165) is 37.8 Å². The summed E-state index contributed by atoms with van der Waals surface area (Å²) in [6.45, 7) is 3.23. The van der Waals surface area contributed by atoms with Crippen LogP contribution in [0.1, 0.15) is 55.3 Å². The standard InChI is InChI=1S/C22H29ClN2O2/c23-20-7-5-17(6-8-20)21(26)24-12-10-18(11-13-24)22(27)25-14-9-16-3-1-2-4-19(16)15-25/h5-8,16,18-19H,1-4,9-15H2/t16-,19-/m0/s1. The summed E-state index contributed by atoms with van der Waals surface area (Å²) in [4.78, 5) is 29.7. The number of nitrogens with zero attached hydrogens (tertiary/aromatic N) is 2. The minimum atomic E-state index is 0.0422. The van der Waals surface area contributed by atoms with Gasteiger partial charge < -0.3 is 9.80 Å². The molecule has 1 saturated carbocycles. The van der Waals surface area contributed by atoms with Gasteiger partial charge in [-0.05, 0) is 61.8 Å². The summed E-state index contributed by atoms with van der Waals surface area (Å²) in [5.41, 5.74) is 0.670. The highest BCUT2D eigenvalue weighted by atomic mass is 35.5. The Balaban J connectivity index is 1.30. The molecule has 1 aliphatic carbocycles. The van der Waals surface area contributed by atoms with Crippen molar-refractivity contribution < 1.29 is 9.59 Å². The summed E-state index contributed by atoms with van der Waals surface area (Å²) in [6.07, 6.45) is 8.10. The van der Waals surface area contributed by atoms with E-state index in [4.69, 9.17) is 11.6 Å². The summed E-state index contributed by atoms with van der Waals surface area (Å²) in [6, 6.07) is 7.05. The van der Waals surface area contributed by atoms with E-state index in [0.29, 0.717) is 29.6 Å². The second kappa shape index (κ2) is 8.22. The zero-order valence-electron chi connectivity index (χ0n) is 15.9. The van der Waals surface area contributed by atoms with Crippen molar-refractivity contribution in [1.29, 1.82) is 0 Å². The average molecular weight is 389 g/mol. The lowest BCUT2D eigenvalue weighted by Gasteiger charge is -2.43. The first-order chi connectivity index (χ1) is 13.1. The number of piperidine rings is 2.